The molecule has 2 aromatic rings. The summed E-state index contributed by atoms with van der Waals surface area (Å²) < 4.78 is 5.56. The standard InChI is InChI=1S/C27H34N2O5/c1-16(2)13-14-23(26(31)32)28-25(30)24(17(3)4)29-27(33)34-15-22-20-11-7-5-9-18(20)19-10-6-8-12-21(19)22/h5-12,16-17,22-24H,13-15H2,1-4H3,(H,28,30)(H,29,33)(H,31,32)/t23?,24-/m0/s1. The van der Waals surface area contributed by atoms with Gasteiger partial charge in [0.25, 0.3) is 0 Å². The Balaban J connectivity index is 1.63. The van der Waals surface area contributed by atoms with Gasteiger partial charge in [0, 0.05) is 5.92 Å². The van der Waals surface area contributed by atoms with Gasteiger partial charge in [-0.1, -0.05) is 76.2 Å². The van der Waals surface area contributed by atoms with Gasteiger partial charge < -0.3 is 20.5 Å². The molecule has 0 saturated heterocycles. The number of carboxylic acid groups (broad SMARTS) is 1. The third kappa shape index (κ3) is 5.95. The number of hydrogen-bond acceptors (Lipinski definition) is 4. The van der Waals surface area contributed by atoms with Gasteiger partial charge in [0.2, 0.25) is 5.91 Å². The van der Waals surface area contributed by atoms with E-state index in [2.05, 4.69) is 22.8 Å². The summed E-state index contributed by atoms with van der Waals surface area (Å²) in [6, 6.07) is 14.2. The van der Waals surface area contributed by atoms with Crippen LogP contribution in [0.15, 0.2) is 48.5 Å². The SMILES string of the molecule is CC(C)CCC(NC(=O)[C@@H](NC(=O)OCC1c2ccccc2-c2ccccc21)C(C)C)C(=O)O. The van der Waals surface area contributed by atoms with Gasteiger partial charge in [0.1, 0.15) is 18.7 Å². The van der Waals surface area contributed by atoms with Crippen molar-refractivity contribution < 1.29 is 24.2 Å². The van der Waals surface area contributed by atoms with Crippen LogP contribution in [0.25, 0.3) is 11.1 Å². The van der Waals surface area contributed by atoms with Crippen molar-refractivity contribution in [3.63, 3.8) is 0 Å². The van der Waals surface area contributed by atoms with Crippen molar-refractivity contribution in [1.82, 2.24) is 10.6 Å². The Labute approximate surface area is 200 Å². The fourth-order valence-electron chi connectivity index (χ4n) is 4.32. The molecule has 0 bridgehead atoms. The van der Waals surface area contributed by atoms with Gasteiger partial charge in [0.15, 0.2) is 0 Å². The van der Waals surface area contributed by atoms with E-state index in [1.54, 1.807) is 13.8 Å². The summed E-state index contributed by atoms with van der Waals surface area (Å²) in [5.74, 6) is -1.63. The summed E-state index contributed by atoms with van der Waals surface area (Å²) in [5.41, 5.74) is 4.47. The van der Waals surface area contributed by atoms with Crippen molar-refractivity contribution in [3.05, 3.63) is 59.7 Å². The molecule has 1 aliphatic rings. The molecular formula is C27H34N2O5. The van der Waals surface area contributed by atoms with Crippen LogP contribution in [0, 0.1) is 11.8 Å². The van der Waals surface area contributed by atoms with E-state index in [1.165, 1.54) is 0 Å². The van der Waals surface area contributed by atoms with E-state index in [9.17, 15) is 19.5 Å². The molecule has 34 heavy (non-hydrogen) atoms. The molecule has 0 radical (unpaired) electrons. The number of benzene rings is 2. The predicted octanol–water partition coefficient (Wildman–Crippen LogP) is 4.56. The second kappa shape index (κ2) is 11.2. The molecule has 2 amide bonds. The Morgan fingerprint density at radius 2 is 1.44 bits per heavy atom. The van der Waals surface area contributed by atoms with E-state index in [-0.39, 0.29) is 18.4 Å². The summed E-state index contributed by atoms with van der Waals surface area (Å²) in [5, 5.41) is 14.7. The number of carboxylic acids is 1. The molecule has 0 aliphatic heterocycles. The Kier molecular flexibility index (Phi) is 8.31. The van der Waals surface area contributed by atoms with E-state index >= 15 is 0 Å². The Bertz CT molecular complexity index is 988. The Morgan fingerprint density at radius 1 is 0.882 bits per heavy atom. The average molecular weight is 467 g/mol. The van der Waals surface area contributed by atoms with E-state index in [0.29, 0.717) is 18.8 Å². The van der Waals surface area contributed by atoms with Crippen LogP contribution < -0.4 is 10.6 Å². The minimum Gasteiger partial charge on any atom is -0.480 e. The van der Waals surface area contributed by atoms with E-state index in [1.807, 2.05) is 50.2 Å². The highest BCUT2D eigenvalue weighted by Gasteiger charge is 2.31. The number of hydrogen-bond donors (Lipinski definition) is 3. The number of carbonyl (C=O) groups is 3. The number of aliphatic carboxylic acids is 1. The Morgan fingerprint density at radius 3 is 1.94 bits per heavy atom. The van der Waals surface area contributed by atoms with Crippen molar-refractivity contribution in [1.29, 1.82) is 0 Å². The lowest BCUT2D eigenvalue weighted by Gasteiger charge is -2.24. The van der Waals surface area contributed by atoms with Crippen LogP contribution in [0.1, 0.15) is 57.6 Å². The number of amides is 2. The van der Waals surface area contributed by atoms with E-state index in [0.717, 1.165) is 22.3 Å². The maximum absolute atomic E-state index is 12.8. The minimum atomic E-state index is -1.09. The van der Waals surface area contributed by atoms with Gasteiger partial charge in [-0.25, -0.2) is 9.59 Å². The molecule has 0 fully saturated rings. The van der Waals surface area contributed by atoms with Gasteiger partial charge in [-0.05, 0) is 46.9 Å². The smallest absolute Gasteiger partial charge is 0.407 e. The number of fused-ring (bicyclic) bond motifs is 3. The topological polar surface area (TPSA) is 105 Å². The molecule has 182 valence electrons. The van der Waals surface area contributed by atoms with Gasteiger partial charge >= 0.3 is 12.1 Å². The molecule has 0 heterocycles. The quantitative estimate of drug-likeness (QED) is 0.476. The zero-order valence-corrected chi connectivity index (χ0v) is 20.2. The normalized spacial score (nSPS) is 14.3. The van der Waals surface area contributed by atoms with Crippen LogP contribution in [0.2, 0.25) is 0 Å². The molecule has 1 aliphatic carbocycles. The summed E-state index contributed by atoms with van der Waals surface area (Å²) in [4.78, 5) is 37.1. The first-order valence-electron chi connectivity index (χ1n) is 11.8. The van der Waals surface area contributed by atoms with Gasteiger partial charge in [-0.15, -0.1) is 0 Å². The molecule has 7 heteroatoms. The van der Waals surface area contributed by atoms with Crippen LogP contribution in [0.3, 0.4) is 0 Å². The van der Waals surface area contributed by atoms with Crippen molar-refractivity contribution in [2.45, 2.75) is 58.5 Å². The maximum atomic E-state index is 12.8. The van der Waals surface area contributed by atoms with Crippen molar-refractivity contribution in [2.75, 3.05) is 6.61 Å². The number of rotatable bonds is 10. The van der Waals surface area contributed by atoms with Crippen molar-refractivity contribution >= 4 is 18.0 Å². The largest absolute Gasteiger partial charge is 0.480 e. The lowest BCUT2D eigenvalue weighted by molar-refractivity contribution is -0.142. The minimum absolute atomic E-state index is 0.0862. The molecule has 2 atom stereocenters. The number of carbonyl (C=O) groups excluding carboxylic acids is 2. The molecule has 3 N–H and O–H groups in total. The highest BCUT2D eigenvalue weighted by atomic mass is 16.5. The monoisotopic (exact) mass is 466 g/mol. The van der Waals surface area contributed by atoms with Crippen LogP contribution >= 0.6 is 0 Å². The van der Waals surface area contributed by atoms with Gasteiger partial charge in [-0.3, -0.25) is 4.79 Å². The number of ether oxygens (including phenoxy) is 1. The number of nitrogens with one attached hydrogen (secondary N) is 2. The summed E-state index contributed by atoms with van der Waals surface area (Å²) in [7, 11) is 0. The summed E-state index contributed by atoms with van der Waals surface area (Å²) >= 11 is 0. The highest BCUT2D eigenvalue weighted by Crippen LogP contribution is 2.44. The average Bonchev–Trinajstić information content (AvgIpc) is 3.12. The first-order chi connectivity index (χ1) is 16.2. The number of alkyl carbamates (subject to hydrolysis) is 1. The Hall–Kier alpha value is -3.35. The molecule has 0 spiro atoms. The molecule has 0 saturated carbocycles. The third-order valence-corrected chi connectivity index (χ3v) is 6.21. The molecular weight excluding hydrogens is 432 g/mol. The van der Waals surface area contributed by atoms with Gasteiger partial charge in [-0.2, -0.15) is 0 Å². The highest BCUT2D eigenvalue weighted by molar-refractivity contribution is 5.89. The molecule has 2 aromatic carbocycles. The molecule has 7 nitrogen and oxygen atoms in total. The third-order valence-electron chi connectivity index (χ3n) is 6.21. The lowest BCUT2D eigenvalue weighted by Crippen LogP contribution is -2.53. The lowest BCUT2D eigenvalue weighted by atomic mass is 9.98. The fourth-order valence-corrected chi connectivity index (χ4v) is 4.32. The van der Waals surface area contributed by atoms with Crippen LogP contribution in [-0.2, 0) is 14.3 Å². The summed E-state index contributed by atoms with van der Waals surface area (Å²) in [6.07, 6.45) is 0.294. The first-order valence-corrected chi connectivity index (χ1v) is 11.8. The molecule has 3 rings (SSSR count). The zero-order chi connectivity index (χ0) is 24.8. The second-order valence-electron chi connectivity index (χ2n) is 9.56. The second-order valence-corrected chi connectivity index (χ2v) is 9.56. The maximum Gasteiger partial charge on any atom is 0.407 e. The van der Waals surface area contributed by atoms with Crippen molar-refractivity contribution in [2.24, 2.45) is 11.8 Å². The van der Waals surface area contributed by atoms with Crippen LogP contribution in [0.5, 0.6) is 0 Å². The zero-order valence-electron chi connectivity index (χ0n) is 20.2. The summed E-state index contributed by atoms with van der Waals surface area (Å²) in [6.45, 7) is 7.71. The van der Waals surface area contributed by atoms with Crippen molar-refractivity contribution in [3.8, 4) is 11.1 Å². The van der Waals surface area contributed by atoms with Gasteiger partial charge in [0.05, 0.1) is 0 Å². The van der Waals surface area contributed by atoms with E-state index in [4.69, 9.17) is 4.74 Å². The first kappa shape index (κ1) is 25.3. The van der Waals surface area contributed by atoms with Crippen LogP contribution in [0.4, 0.5) is 4.79 Å². The predicted molar refractivity (Wildman–Crippen MR) is 130 cm³/mol. The fraction of sp³-hybridized carbons (Fsp3) is 0.444. The van der Waals surface area contributed by atoms with E-state index < -0.39 is 30.1 Å². The van der Waals surface area contributed by atoms with Crippen LogP contribution in [-0.4, -0.2) is 41.8 Å². The molecule has 1 unspecified atom stereocenters. The molecule has 0 aromatic heterocycles.